The Hall–Kier alpha value is -2.19. The van der Waals surface area contributed by atoms with Crippen LogP contribution in [0.15, 0.2) is 29.5 Å². The van der Waals surface area contributed by atoms with Gasteiger partial charge in [0.25, 0.3) is 5.91 Å². The van der Waals surface area contributed by atoms with E-state index in [1.54, 1.807) is 31.6 Å². The van der Waals surface area contributed by atoms with Crippen LogP contribution in [0.4, 0.5) is 0 Å². The second kappa shape index (κ2) is 9.49. The number of morpholine rings is 1. The van der Waals surface area contributed by atoms with Gasteiger partial charge in [-0.1, -0.05) is 0 Å². The molecule has 2 atom stereocenters. The van der Waals surface area contributed by atoms with Crippen molar-refractivity contribution in [1.82, 2.24) is 20.5 Å². The Kier molecular flexibility index (Phi) is 6.79. The molecule has 2 aliphatic heterocycles. The topological polar surface area (TPSA) is 88.1 Å². The van der Waals surface area contributed by atoms with E-state index < -0.39 is 0 Å². The van der Waals surface area contributed by atoms with Gasteiger partial charge < -0.3 is 25.0 Å². The Labute approximate surface area is 154 Å². The normalized spacial score (nSPS) is 23.7. The fraction of sp³-hybridized carbons (Fsp3) is 0.611. The SMILES string of the molecule is CN=C(NCCNC(=O)c1cccnc1)N1CCOC(C2CCCO2)C1. The minimum absolute atomic E-state index is 0.0927. The van der Waals surface area contributed by atoms with Crippen LogP contribution in [-0.4, -0.2) is 80.4 Å². The molecule has 0 aromatic carbocycles. The highest BCUT2D eigenvalue weighted by atomic mass is 16.5. The maximum absolute atomic E-state index is 12.0. The van der Waals surface area contributed by atoms with Crippen molar-refractivity contribution in [1.29, 1.82) is 0 Å². The van der Waals surface area contributed by atoms with E-state index in [0.29, 0.717) is 25.3 Å². The number of carbonyl (C=O) groups excluding carboxylic acids is 1. The lowest BCUT2D eigenvalue weighted by atomic mass is 10.1. The lowest BCUT2D eigenvalue weighted by Gasteiger charge is -2.37. The van der Waals surface area contributed by atoms with E-state index in [9.17, 15) is 4.79 Å². The Morgan fingerprint density at radius 3 is 2.88 bits per heavy atom. The first kappa shape index (κ1) is 18.6. The van der Waals surface area contributed by atoms with Crippen molar-refractivity contribution < 1.29 is 14.3 Å². The molecule has 2 N–H and O–H groups in total. The second-order valence-electron chi connectivity index (χ2n) is 6.38. The molecule has 0 radical (unpaired) electrons. The largest absolute Gasteiger partial charge is 0.375 e. The Balaban J connectivity index is 1.42. The average Bonchev–Trinajstić information content (AvgIpc) is 3.23. The number of pyridine rings is 1. The van der Waals surface area contributed by atoms with Gasteiger partial charge in [0.15, 0.2) is 5.96 Å². The molecule has 1 amide bonds. The maximum Gasteiger partial charge on any atom is 0.252 e. The number of nitrogens with zero attached hydrogens (tertiary/aromatic N) is 3. The van der Waals surface area contributed by atoms with E-state index in [1.807, 2.05) is 0 Å². The molecule has 8 heteroatoms. The number of hydrogen-bond acceptors (Lipinski definition) is 5. The number of ether oxygens (including phenoxy) is 2. The first-order valence-corrected chi connectivity index (χ1v) is 9.15. The maximum atomic E-state index is 12.0. The zero-order valence-corrected chi connectivity index (χ0v) is 15.2. The van der Waals surface area contributed by atoms with Gasteiger partial charge in [-0.2, -0.15) is 0 Å². The van der Waals surface area contributed by atoms with Crippen LogP contribution in [0.1, 0.15) is 23.2 Å². The number of guanidine groups is 1. The van der Waals surface area contributed by atoms with Crippen LogP contribution in [0.5, 0.6) is 0 Å². The van der Waals surface area contributed by atoms with Gasteiger partial charge in [0, 0.05) is 52.2 Å². The molecule has 3 heterocycles. The number of carbonyl (C=O) groups is 1. The third-order valence-electron chi connectivity index (χ3n) is 4.60. The molecule has 2 aliphatic rings. The Morgan fingerprint density at radius 1 is 1.31 bits per heavy atom. The molecule has 0 aliphatic carbocycles. The van der Waals surface area contributed by atoms with Crippen LogP contribution in [-0.2, 0) is 9.47 Å². The number of amides is 1. The Bertz CT molecular complexity index is 604. The van der Waals surface area contributed by atoms with Gasteiger partial charge in [0.2, 0.25) is 0 Å². The van der Waals surface area contributed by atoms with Gasteiger partial charge >= 0.3 is 0 Å². The van der Waals surface area contributed by atoms with Crippen molar-refractivity contribution in [3.63, 3.8) is 0 Å². The van der Waals surface area contributed by atoms with Gasteiger partial charge in [0.1, 0.15) is 6.10 Å². The van der Waals surface area contributed by atoms with Crippen LogP contribution in [0, 0.1) is 0 Å². The summed E-state index contributed by atoms with van der Waals surface area (Å²) in [5.74, 6) is 0.701. The molecule has 8 nitrogen and oxygen atoms in total. The van der Waals surface area contributed by atoms with Gasteiger partial charge in [-0.3, -0.25) is 14.8 Å². The monoisotopic (exact) mass is 361 g/mol. The molecule has 0 bridgehead atoms. The summed E-state index contributed by atoms with van der Waals surface area (Å²) in [6.07, 6.45) is 5.65. The number of aliphatic imine (C=N–C) groups is 1. The standard InChI is InChI=1S/C18H27N5O3/c1-19-18(22-8-7-21-17(24)14-4-2-6-20-12-14)23-9-11-26-16(13-23)15-5-3-10-25-15/h2,4,6,12,15-16H,3,5,7-11,13H2,1H3,(H,19,22)(H,21,24). The highest BCUT2D eigenvalue weighted by Crippen LogP contribution is 2.20. The first-order valence-electron chi connectivity index (χ1n) is 9.15. The van der Waals surface area contributed by atoms with Crippen LogP contribution in [0.25, 0.3) is 0 Å². The van der Waals surface area contributed by atoms with E-state index in [4.69, 9.17) is 9.47 Å². The predicted molar refractivity (Wildman–Crippen MR) is 98.2 cm³/mol. The lowest BCUT2D eigenvalue weighted by Crippen LogP contribution is -2.54. The predicted octanol–water partition coefficient (Wildman–Crippen LogP) is 0.267. The summed E-state index contributed by atoms with van der Waals surface area (Å²) < 4.78 is 11.6. The number of nitrogens with one attached hydrogen (secondary N) is 2. The zero-order valence-electron chi connectivity index (χ0n) is 15.2. The van der Waals surface area contributed by atoms with Crippen LogP contribution >= 0.6 is 0 Å². The molecular formula is C18H27N5O3. The summed E-state index contributed by atoms with van der Waals surface area (Å²) in [6, 6.07) is 3.49. The quantitative estimate of drug-likeness (QED) is 0.445. The smallest absolute Gasteiger partial charge is 0.252 e. The molecule has 2 fully saturated rings. The van der Waals surface area contributed by atoms with Gasteiger partial charge in [-0.05, 0) is 25.0 Å². The molecule has 1 aromatic heterocycles. The molecule has 142 valence electrons. The van der Waals surface area contributed by atoms with Gasteiger partial charge in [-0.25, -0.2) is 0 Å². The van der Waals surface area contributed by atoms with E-state index in [0.717, 1.165) is 38.5 Å². The van der Waals surface area contributed by atoms with Crippen molar-refractivity contribution in [3.8, 4) is 0 Å². The van der Waals surface area contributed by atoms with Crippen LogP contribution in [0.2, 0.25) is 0 Å². The minimum atomic E-state index is -0.125. The van der Waals surface area contributed by atoms with Crippen molar-refractivity contribution in [2.45, 2.75) is 25.0 Å². The fourth-order valence-corrected chi connectivity index (χ4v) is 3.27. The molecule has 3 rings (SSSR count). The highest BCUT2D eigenvalue weighted by Gasteiger charge is 2.32. The summed E-state index contributed by atoms with van der Waals surface area (Å²) >= 11 is 0. The second-order valence-corrected chi connectivity index (χ2v) is 6.38. The number of aromatic nitrogens is 1. The van der Waals surface area contributed by atoms with Crippen LogP contribution < -0.4 is 10.6 Å². The number of rotatable bonds is 5. The highest BCUT2D eigenvalue weighted by molar-refractivity contribution is 5.93. The van der Waals surface area contributed by atoms with Crippen molar-refractivity contribution >= 4 is 11.9 Å². The Morgan fingerprint density at radius 2 is 2.15 bits per heavy atom. The summed E-state index contributed by atoms with van der Waals surface area (Å²) in [5, 5.41) is 6.18. The van der Waals surface area contributed by atoms with Crippen molar-refractivity contribution in [2.24, 2.45) is 4.99 Å². The summed E-state index contributed by atoms with van der Waals surface area (Å²) in [5.41, 5.74) is 0.560. The average molecular weight is 361 g/mol. The van der Waals surface area contributed by atoms with E-state index in [-0.39, 0.29) is 18.1 Å². The van der Waals surface area contributed by atoms with Gasteiger partial charge in [0.05, 0.1) is 18.3 Å². The lowest BCUT2D eigenvalue weighted by molar-refractivity contribution is -0.0816. The molecule has 0 saturated carbocycles. The first-order chi connectivity index (χ1) is 12.8. The minimum Gasteiger partial charge on any atom is -0.375 e. The van der Waals surface area contributed by atoms with E-state index >= 15 is 0 Å². The third kappa shape index (κ3) is 4.92. The summed E-state index contributed by atoms with van der Waals surface area (Å²) in [7, 11) is 1.77. The summed E-state index contributed by atoms with van der Waals surface area (Å²) in [4.78, 5) is 22.5. The van der Waals surface area contributed by atoms with Crippen LogP contribution in [0.3, 0.4) is 0 Å². The van der Waals surface area contributed by atoms with Crippen molar-refractivity contribution in [2.75, 3.05) is 46.4 Å². The molecule has 1 aromatic rings. The number of hydrogen-bond donors (Lipinski definition) is 2. The molecule has 26 heavy (non-hydrogen) atoms. The third-order valence-corrected chi connectivity index (χ3v) is 4.60. The fourth-order valence-electron chi connectivity index (χ4n) is 3.27. The molecule has 2 unspecified atom stereocenters. The summed E-state index contributed by atoms with van der Waals surface area (Å²) in [6.45, 7) is 4.17. The van der Waals surface area contributed by atoms with Crippen molar-refractivity contribution in [3.05, 3.63) is 30.1 Å². The van der Waals surface area contributed by atoms with E-state index in [1.165, 1.54) is 0 Å². The molecule has 2 saturated heterocycles. The molecular weight excluding hydrogens is 334 g/mol. The zero-order chi connectivity index (χ0) is 18.2. The van der Waals surface area contributed by atoms with E-state index in [2.05, 4.69) is 25.5 Å². The van der Waals surface area contributed by atoms with Gasteiger partial charge in [-0.15, -0.1) is 0 Å². The molecule has 0 spiro atoms.